The van der Waals surface area contributed by atoms with E-state index in [2.05, 4.69) is 16.0 Å². The number of hydrogen-bond donors (Lipinski definition) is 3. The number of nitrogens with one attached hydrogen (secondary N) is 3. The van der Waals surface area contributed by atoms with Crippen molar-refractivity contribution in [1.82, 2.24) is 0 Å². The van der Waals surface area contributed by atoms with Crippen LogP contribution in [0, 0.1) is 5.82 Å². The largest absolute Gasteiger partial charge is 0.385 e. The minimum absolute atomic E-state index is 0.332. The van der Waals surface area contributed by atoms with Crippen molar-refractivity contribution in [1.29, 1.82) is 0 Å². The number of hydrogen-bond acceptors (Lipinski definition) is 2. The molecule has 0 saturated heterocycles. The maximum absolute atomic E-state index is 12.8. The maximum Gasteiger partial charge on any atom is 0.323 e. The predicted molar refractivity (Wildman–Crippen MR) is 82.3 cm³/mol. The molecule has 2 amide bonds. The van der Waals surface area contributed by atoms with Gasteiger partial charge < -0.3 is 16.0 Å². The van der Waals surface area contributed by atoms with E-state index in [1.54, 1.807) is 0 Å². The number of aryl methyl sites for hydroxylation is 1. The molecular weight excluding hydrogens is 269 g/mol. The molecule has 1 aliphatic heterocycles. The fourth-order valence-corrected chi connectivity index (χ4v) is 2.37. The van der Waals surface area contributed by atoms with Crippen LogP contribution in [0.1, 0.15) is 12.0 Å². The van der Waals surface area contributed by atoms with Gasteiger partial charge in [-0.2, -0.15) is 0 Å². The van der Waals surface area contributed by atoms with E-state index in [4.69, 9.17) is 0 Å². The molecule has 0 aliphatic carbocycles. The first-order valence-electron chi connectivity index (χ1n) is 6.91. The third-order valence-corrected chi connectivity index (χ3v) is 3.41. The second-order valence-corrected chi connectivity index (χ2v) is 4.99. The van der Waals surface area contributed by atoms with Gasteiger partial charge in [-0.3, -0.25) is 0 Å². The van der Waals surface area contributed by atoms with Crippen LogP contribution in [0.5, 0.6) is 0 Å². The quantitative estimate of drug-likeness (QED) is 0.785. The number of anilines is 3. The van der Waals surface area contributed by atoms with E-state index >= 15 is 0 Å². The Balaban J connectivity index is 1.65. The molecule has 1 aliphatic rings. The van der Waals surface area contributed by atoms with Crippen LogP contribution in [-0.4, -0.2) is 12.6 Å². The van der Waals surface area contributed by atoms with E-state index in [9.17, 15) is 9.18 Å². The van der Waals surface area contributed by atoms with Crippen LogP contribution in [0.4, 0.5) is 26.2 Å². The maximum atomic E-state index is 12.8. The summed E-state index contributed by atoms with van der Waals surface area (Å²) in [7, 11) is 0. The Labute approximate surface area is 122 Å². The van der Waals surface area contributed by atoms with Crippen molar-refractivity contribution in [2.45, 2.75) is 12.8 Å². The van der Waals surface area contributed by atoms with Crippen LogP contribution >= 0.6 is 0 Å². The first-order chi connectivity index (χ1) is 10.2. The Morgan fingerprint density at radius 2 is 1.76 bits per heavy atom. The van der Waals surface area contributed by atoms with E-state index in [1.807, 2.05) is 18.2 Å². The van der Waals surface area contributed by atoms with Gasteiger partial charge in [-0.25, -0.2) is 9.18 Å². The fraction of sp³-hybridized carbons (Fsp3) is 0.188. The molecule has 0 saturated carbocycles. The molecule has 0 unspecified atom stereocenters. The van der Waals surface area contributed by atoms with Crippen molar-refractivity contribution in [3.63, 3.8) is 0 Å². The van der Waals surface area contributed by atoms with Crippen molar-refractivity contribution >= 4 is 23.1 Å². The van der Waals surface area contributed by atoms with Crippen LogP contribution in [0.3, 0.4) is 0 Å². The fourth-order valence-electron chi connectivity index (χ4n) is 2.37. The second kappa shape index (κ2) is 5.83. The average molecular weight is 285 g/mol. The predicted octanol–water partition coefficient (Wildman–Crippen LogP) is 3.83. The summed E-state index contributed by atoms with van der Waals surface area (Å²) in [5.74, 6) is -0.332. The molecule has 3 N–H and O–H groups in total. The van der Waals surface area contributed by atoms with Gasteiger partial charge in [-0.05, 0) is 54.8 Å². The van der Waals surface area contributed by atoms with Gasteiger partial charge in [0.15, 0.2) is 0 Å². The summed E-state index contributed by atoms with van der Waals surface area (Å²) in [6, 6.07) is 11.1. The number of fused-ring (bicyclic) bond motifs is 1. The lowest BCUT2D eigenvalue weighted by Gasteiger charge is -2.19. The Morgan fingerprint density at radius 3 is 2.57 bits per heavy atom. The minimum atomic E-state index is -0.350. The molecule has 108 valence electrons. The van der Waals surface area contributed by atoms with Crippen molar-refractivity contribution in [2.24, 2.45) is 0 Å². The van der Waals surface area contributed by atoms with Gasteiger partial charge >= 0.3 is 6.03 Å². The SMILES string of the molecule is O=C(Nc1ccc(F)cc1)Nc1ccc2c(c1)NCCC2. The van der Waals surface area contributed by atoms with E-state index in [0.717, 1.165) is 30.8 Å². The third kappa shape index (κ3) is 3.31. The molecule has 0 radical (unpaired) electrons. The van der Waals surface area contributed by atoms with E-state index in [0.29, 0.717) is 5.69 Å². The van der Waals surface area contributed by atoms with Crippen molar-refractivity contribution < 1.29 is 9.18 Å². The zero-order valence-corrected chi connectivity index (χ0v) is 11.4. The van der Waals surface area contributed by atoms with Gasteiger partial charge in [0.25, 0.3) is 0 Å². The highest BCUT2D eigenvalue weighted by atomic mass is 19.1. The summed E-state index contributed by atoms with van der Waals surface area (Å²) < 4.78 is 12.8. The van der Waals surface area contributed by atoms with Crippen LogP contribution in [0.2, 0.25) is 0 Å². The van der Waals surface area contributed by atoms with Crippen molar-refractivity contribution in [3.8, 4) is 0 Å². The van der Waals surface area contributed by atoms with Gasteiger partial charge in [-0.1, -0.05) is 6.07 Å². The molecule has 0 atom stereocenters. The normalized spacial score (nSPS) is 13.0. The molecule has 21 heavy (non-hydrogen) atoms. The van der Waals surface area contributed by atoms with Gasteiger partial charge in [0.05, 0.1) is 0 Å². The van der Waals surface area contributed by atoms with Crippen molar-refractivity contribution in [2.75, 3.05) is 22.5 Å². The summed E-state index contributed by atoms with van der Waals surface area (Å²) in [6.07, 6.45) is 2.19. The molecular formula is C16H16FN3O. The van der Waals surface area contributed by atoms with Gasteiger partial charge in [0.1, 0.15) is 5.82 Å². The van der Waals surface area contributed by atoms with Crippen LogP contribution in [-0.2, 0) is 6.42 Å². The molecule has 4 nitrogen and oxygen atoms in total. The Bertz CT molecular complexity index is 655. The van der Waals surface area contributed by atoms with Crippen LogP contribution in [0.15, 0.2) is 42.5 Å². The highest BCUT2D eigenvalue weighted by Gasteiger charge is 2.10. The van der Waals surface area contributed by atoms with Crippen molar-refractivity contribution in [3.05, 3.63) is 53.8 Å². The number of amides is 2. The molecule has 0 fully saturated rings. The van der Waals surface area contributed by atoms with Gasteiger partial charge in [-0.15, -0.1) is 0 Å². The lowest BCUT2D eigenvalue weighted by Crippen LogP contribution is -2.20. The molecule has 1 heterocycles. The molecule has 5 heteroatoms. The summed E-state index contributed by atoms with van der Waals surface area (Å²) in [5, 5.41) is 8.75. The first-order valence-corrected chi connectivity index (χ1v) is 6.91. The number of urea groups is 1. The Morgan fingerprint density at radius 1 is 1.05 bits per heavy atom. The Hall–Kier alpha value is -2.56. The van der Waals surface area contributed by atoms with E-state index < -0.39 is 0 Å². The summed E-state index contributed by atoms with van der Waals surface area (Å²) in [4.78, 5) is 11.9. The topological polar surface area (TPSA) is 53.2 Å². The first kappa shape index (κ1) is 13.4. The molecule has 3 rings (SSSR count). The van der Waals surface area contributed by atoms with Gasteiger partial charge in [0.2, 0.25) is 0 Å². The van der Waals surface area contributed by atoms with Crippen LogP contribution < -0.4 is 16.0 Å². The molecule has 0 bridgehead atoms. The number of carbonyl (C=O) groups excluding carboxylic acids is 1. The smallest absolute Gasteiger partial charge is 0.323 e. The number of rotatable bonds is 2. The third-order valence-electron chi connectivity index (χ3n) is 3.41. The second-order valence-electron chi connectivity index (χ2n) is 4.99. The summed E-state index contributed by atoms with van der Waals surface area (Å²) in [5.41, 5.74) is 3.61. The molecule has 2 aromatic rings. The standard InChI is InChI=1S/C16H16FN3O/c17-12-4-7-13(8-5-12)19-16(21)20-14-6-3-11-2-1-9-18-15(11)10-14/h3-8,10,18H,1-2,9H2,(H2,19,20,21). The van der Waals surface area contributed by atoms with E-state index in [-0.39, 0.29) is 11.8 Å². The Kier molecular flexibility index (Phi) is 3.73. The van der Waals surface area contributed by atoms with Gasteiger partial charge in [0, 0.05) is 23.6 Å². The number of benzene rings is 2. The lowest BCUT2D eigenvalue weighted by atomic mass is 10.0. The molecule has 2 aromatic carbocycles. The number of halogens is 1. The zero-order valence-electron chi connectivity index (χ0n) is 11.4. The highest BCUT2D eigenvalue weighted by Crippen LogP contribution is 2.25. The zero-order chi connectivity index (χ0) is 14.7. The summed E-state index contributed by atoms with van der Waals surface area (Å²) >= 11 is 0. The van der Waals surface area contributed by atoms with Crippen LogP contribution in [0.25, 0.3) is 0 Å². The minimum Gasteiger partial charge on any atom is -0.385 e. The molecule has 0 spiro atoms. The monoisotopic (exact) mass is 285 g/mol. The number of carbonyl (C=O) groups is 1. The molecule has 0 aromatic heterocycles. The van der Waals surface area contributed by atoms with E-state index in [1.165, 1.54) is 29.8 Å². The highest BCUT2D eigenvalue weighted by molar-refractivity contribution is 6.00. The average Bonchev–Trinajstić information content (AvgIpc) is 2.49. The summed E-state index contributed by atoms with van der Waals surface area (Å²) in [6.45, 7) is 0.957. The lowest BCUT2D eigenvalue weighted by molar-refractivity contribution is 0.262.